The smallest absolute Gasteiger partial charge is 0.353 e. The number of carbonyl (C=O) groups excluding carboxylic acids is 1. The van der Waals surface area contributed by atoms with Crippen molar-refractivity contribution in [2.24, 2.45) is 7.05 Å². The molecular weight excluding hydrogens is 288 g/mol. The van der Waals surface area contributed by atoms with Gasteiger partial charge in [-0.3, -0.25) is 4.57 Å². The first-order chi connectivity index (χ1) is 10.5. The molecular formula is C15H14N2O5. The first kappa shape index (κ1) is 15.4. The molecule has 0 aliphatic heterocycles. The van der Waals surface area contributed by atoms with E-state index in [-0.39, 0.29) is 17.9 Å². The molecule has 0 aliphatic rings. The molecule has 114 valence electrons. The summed E-state index contributed by atoms with van der Waals surface area (Å²) in [5.41, 5.74) is -0.977. The number of ether oxygens (including phenoxy) is 1. The summed E-state index contributed by atoms with van der Waals surface area (Å²) < 4.78 is 5.74. The van der Waals surface area contributed by atoms with Gasteiger partial charge in [-0.05, 0) is 6.92 Å². The van der Waals surface area contributed by atoms with Gasteiger partial charge in [0.2, 0.25) is 0 Å². The van der Waals surface area contributed by atoms with Crippen LogP contribution in [0.15, 0.2) is 35.1 Å². The fraction of sp³-hybridized carbons (Fsp3) is 0.200. The Bertz CT molecular complexity index is 781. The van der Waals surface area contributed by atoms with Crippen molar-refractivity contribution in [3.8, 4) is 11.3 Å². The fourth-order valence-electron chi connectivity index (χ4n) is 2.05. The van der Waals surface area contributed by atoms with Crippen LogP contribution in [0.25, 0.3) is 11.3 Å². The molecule has 1 aromatic carbocycles. The van der Waals surface area contributed by atoms with Crippen LogP contribution in [0, 0.1) is 0 Å². The van der Waals surface area contributed by atoms with Crippen molar-refractivity contribution < 1.29 is 19.4 Å². The van der Waals surface area contributed by atoms with E-state index in [1.54, 1.807) is 37.3 Å². The van der Waals surface area contributed by atoms with Gasteiger partial charge in [-0.1, -0.05) is 30.3 Å². The molecule has 2 aromatic rings. The molecule has 1 aromatic heterocycles. The van der Waals surface area contributed by atoms with Crippen LogP contribution in [0.5, 0.6) is 0 Å². The third-order valence-corrected chi connectivity index (χ3v) is 3.03. The summed E-state index contributed by atoms with van der Waals surface area (Å²) in [5, 5.41) is 9.36. The van der Waals surface area contributed by atoms with Crippen molar-refractivity contribution in [2.45, 2.75) is 6.92 Å². The highest BCUT2D eigenvalue weighted by molar-refractivity contribution is 6.05. The van der Waals surface area contributed by atoms with Gasteiger partial charge in [-0.2, -0.15) is 4.98 Å². The van der Waals surface area contributed by atoms with Crippen LogP contribution in [0.3, 0.4) is 0 Å². The van der Waals surface area contributed by atoms with Gasteiger partial charge in [0.05, 0.1) is 12.3 Å². The van der Waals surface area contributed by atoms with Crippen molar-refractivity contribution in [2.75, 3.05) is 6.61 Å². The lowest BCUT2D eigenvalue weighted by atomic mass is 10.0. The zero-order chi connectivity index (χ0) is 16.3. The van der Waals surface area contributed by atoms with Crippen molar-refractivity contribution in [1.82, 2.24) is 9.55 Å². The van der Waals surface area contributed by atoms with E-state index in [0.29, 0.717) is 5.56 Å². The highest BCUT2D eigenvalue weighted by Crippen LogP contribution is 2.23. The highest BCUT2D eigenvalue weighted by Gasteiger charge is 2.27. The summed E-state index contributed by atoms with van der Waals surface area (Å²) in [6, 6.07) is 8.42. The molecule has 2 rings (SSSR count). The molecule has 1 heterocycles. The van der Waals surface area contributed by atoms with E-state index in [0.717, 1.165) is 4.57 Å². The summed E-state index contributed by atoms with van der Waals surface area (Å²) in [6.45, 7) is 1.69. The average molecular weight is 302 g/mol. The normalized spacial score (nSPS) is 10.3. The minimum absolute atomic E-state index is 0.000417. The van der Waals surface area contributed by atoms with Crippen LogP contribution < -0.4 is 5.69 Å². The minimum Gasteiger partial charge on any atom is -0.477 e. The van der Waals surface area contributed by atoms with Crippen molar-refractivity contribution in [1.29, 1.82) is 0 Å². The van der Waals surface area contributed by atoms with Gasteiger partial charge in [0.25, 0.3) is 0 Å². The number of hydrogen-bond acceptors (Lipinski definition) is 5. The molecule has 0 fully saturated rings. The molecule has 0 radical (unpaired) electrons. The van der Waals surface area contributed by atoms with Gasteiger partial charge in [-0.25, -0.2) is 14.4 Å². The SMILES string of the molecule is CCOC(=O)c1c(-c2ccccc2)nc(=O)n(C)c1C(=O)O. The Morgan fingerprint density at radius 2 is 1.91 bits per heavy atom. The van der Waals surface area contributed by atoms with E-state index in [1.807, 2.05) is 0 Å². The molecule has 0 atom stereocenters. The molecule has 0 spiro atoms. The Morgan fingerprint density at radius 1 is 1.27 bits per heavy atom. The number of carboxylic acid groups (broad SMARTS) is 1. The molecule has 0 aliphatic carbocycles. The largest absolute Gasteiger partial charge is 0.477 e. The number of benzene rings is 1. The Hall–Kier alpha value is -2.96. The number of esters is 1. The minimum atomic E-state index is -1.40. The van der Waals surface area contributed by atoms with Gasteiger partial charge in [0, 0.05) is 12.6 Å². The van der Waals surface area contributed by atoms with E-state index >= 15 is 0 Å². The Balaban J connectivity index is 2.85. The van der Waals surface area contributed by atoms with Crippen LogP contribution in [-0.2, 0) is 11.8 Å². The number of nitrogens with zero attached hydrogens (tertiary/aromatic N) is 2. The second kappa shape index (κ2) is 6.21. The molecule has 0 bridgehead atoms. The Kier molecular flexibility index (Phi) is 4.36. The molecule has 22 heavy (non-hydrogen) atoms. The molecule has 0 saturated carbocycles. The second-order valence-electron chi connectivity index (χ2n) is 4.42. The van der Waals surface area contributed by atoms with E-state index in [9.17, 15) is 19.5 Å². The monoisotopic (exact) mass is 302 g/mol. The van der Waals surface area contributed by atoms with Gasteiger partial charge in [-0.15, -0.1) is 0 Å². The molecule has 0 amide bonds. The standard InChI is InChI=1S/C15H14N2O5/c1-3-22-14(20)10-11(9-7-5-4-6-8-9)16-15(21)17(2)12(10)13(18)19/h4-8H,3H2,1-2H3,(H,18,19). The summed E-state index contributed by atoms with van der Waals surface area (Å²) in [6.07, 6.45) is 0. The summed E-state index contributed by atoms with van der Waals surface area (Å²) >= 11 is 0. The van der Waals surface area contributed by atoms with Crippen molar-refractivity contribution >= 4 is 11.9 Å². The lowest BCUT2D eigenvalue weighted by Crippen LogP contribution is -2.30. The zero-order valence-corrected chi connectivity index (χ0v) is 12.1. The summed E-state index contributed by atoms with van der Waals surface area (Å²) in [5.74, 6) is -2.23. The predicted octanol–water partition coefficient (Wildman–Crippen LogP) is 1.32. The van der Waals surface area contributed by atoms with E-state index in [2.05, 4.69) is 4.98 Å². The number of hydrogen-bond donors (Lipinski definition) is 1. The van der Waals surface area contributed by atoms with Crippen LogP contribution in [-0.4, -0.2) is 33.2 Å². The fourth-order valence-corrected chi connectivity index (χ4v) is 2.05. The van der Waals surface area contributed by atoms with E-state index in [1.165, 1.54) is 7.05 Å². The van der Waals surface area contributed by atoms with Gasteiger partial charge in [0.1, 0.15) is 11.3 Å². The van der Waals surface area contributed by atoms with Crippen molar-refractivity contribution in [3.63, 3.8) is 0 Å². The Morgan fingerprint density at radius 3 is 2.45 bits per heavy atom. The summed E-state index contributed by atoms with van der Waals surface area (Å²) in [4.78, 5) is 39.4. The topological polar surface area (TPSA) is 98.5 Å². The maximum atomic E-state index is 12.2. The number of aromatic carboxylic acids is 1. The van der Waals surface area contributed by atoms with Crippen LogP contribution in [0.1, 0.15) is 27.8 Å². The molecule has 0 saturated heterocycles. The second-order valence-corrected chi connectivity index (χ2v) is 4.42. The van der Waals surface area contributed by atoms with E-state index in [4.69, 9.17) is 4.74 Å². The molecule has 7 heteroatoms. The first-order valence-corrected chi connectivity index (χ1v) is 6.54. The lowest BCUT2D eigenvalue weighted by Gasteiger charge is -2.13. The number of aromatic nitrogens is 2. The first-order valence-electron chi connectivity index (χ1n) is 6.54. The third-order valence-electron chi connectivity index (χ3n) is 3.03. The molecule has 7 nitrogen and oxygen atoms in total. The average Bonchev–Trinajstić information content (AvgIpc) is 2.50. The number of rotatable bonds is 4. The van der Waals surface area contributed by atoms with E-state index < -0.39 is 23.3 Å². The molecule has 0 unspecified atom stereocenters. The van der Waals surface area contributed by atoms with Gasteiger partial charge < -0.3 is 9.84 Å². The maximum Gasteiger partial charge on any atom is 0.353 e. The zero-order valence-electron chi connectivity index (χ0n) is 12.1. The predicted molar refractivity (Wildman–Crippen MR) is 77.8 cm³/mol. The number of carbonyl (C=O) groups is 2. The maximum absolute atomic E-state index is 12.2. The van der Waals surface area contributed by atoms with Crippen LogP contribution >= 0.6 is 0 Å². The third kappa shape index (κ3) is 2.73. The van der Waals surface area contributed by atoms with Crippen molar-refractivity contribution in [3.05, 3.63) is 52.1 Å². The highest BCUT2D eigenvalue weighted by atomic mass is 16.5. The van der Waals surface area contributed by atoms with Gasteiger partial charge in [0.15, 0.2) is 0 Å². The van der Waals surface area contributed by atoms with Crippen LogP contribution in [0.4, 0.5) is 0 Å². The summed E-state index contributed by atoms with van der Waals surface area (Å²) in [7, 11) is 1.25. The molecule has 1 N–H and O–H groups in total. The quantitative estimate of drug-likeness (QED) is 0.855. The van der Waals surface area contributed by atoms with Crippen LogP contribution in [0.2, 0.25) is 0 Å². The Labute approximate surface area is 125 Å². The van der Waals surface area contributed by atoms with Gasteiger partial charge >= 0.3 is 17.6 Å². The number of carboxylic acids is 1. The lowest BCUT2D eigenvalue weighted by molar-refractivity contribution is 0.0511.